The average molecular weight is 422 g/mol. The molecule has 7 nitrogen and oxygen atoms in total. The largest absolute Gasteiger partial charge is 0.468 e. The lowest BCUT2D eigenvalue weighted by molar-refractivity contribution is -0.124. The second-order valence-electron chi connectivity index (χ2n) is 6.71. The van der Waals surface area contributed by atoms with Gasteiger partial charge in [-0.05, 0) is 55.4 Å². The predicted octanol–water partition coefficient (Wildman–Crippen LogP) is 3.15. The van der Waals surface area contributed by atoms with Crippen LogP contribution in [-0.4, -0.2) is 19.4 Å². The summed E-state index contributed by atoms with van der Waals surface area (Å²) in [5.41, 5.74) is 0.481. The second kappa shape index (κ2) is 9.31. The molecule has 1 aromatic carbocycles. The molecule has 1 aromatic heterocycles. The Hall–Kier alpha value is -2.23. The number of amides is 1. The molecule has 1 fully saturated rings. The summed E-state index contributed by atoms with van der Waals surface area (Å²) in [6.45, 7) is 0.0584. The summed E-state index contributed by atoms with van der Waals surface area (Å²) in [5, 5.41) is 5.75. The van der Waals surface area contributed by atoms with Gasteiger partial charge in [0.25, 0.3) is 0 Å². The molecule has 1 saturated carbocycles. The van der Waals surface area contributed by atoms with Gasteiger partial charge in [-0.3, -0.25) is 4.79 Å². The van der Waals surface area contributed by atoms with Crippen LogP contribution in [-0.2, 0) is 21.4 Å². The van der Waals surface area contributed by atoms with Gasteiger partial charge in [-0.1, -0.05) is 25.3 Å². The number of hydrogen-bond donors (Lipinski definition) is 3. The zero-order valence-electron chi connectivity index (χ0n) is 15.3. The van der Waals surface area contributed by atoms with E-state index in [4.69, 9.17) is 16.6 Å². The summed E-state index contributed by atoms with van der Waals surface area (Å²) < 4.78 is 32.5. The van der Waals surface area contributed by atoms with Gasteiger partial charge in [0.2, 0.25) is 15.9 Å². The summed E-state index contributed by atoms with van der Waals surface area (Å²) in [7, 11) is -3.72. The molecule has 1 amide bonds. The lowest BCUT2D eigenvalue weighted by Crippen LogP contribution is -2.39. The molecular weight excluding hydrogens is 398 g/mol. The van der Waals surface area contributed by atoms with E-state index in [9.17, 15) is 13.2 Å². The third-order valence-electron chi connectivity index (χ3n) is 4.63. The van der Waals surface area contributed by atoms with Gasteiger partial charge < -0.3 is 15.1 Å². The van der Waals surface area contributed by atoms with Crippen LogP contribution in [0.15, 0.2) is 52.0 Å². The quantitative estimate of drug-likeness (QED) is 0.620. The smallest absolute Gasteiger partial charge is 0.241 e. The number of furan rings is 1. The molecule has 1 aliphatic carbocycles. The molecule has 3 rings (SSSR count). The van der Waals surface area contributed by atoms with Crippen molar-refractivity contribution in [1.29, 1.82) is 0 Å². The Bertz CT molecular complexity index is 920. The zero-order chi connectivity index (χ0) is 20.0. The molecule has 28 heavy (non-hydrogen) atoms. The molecular formula is C19H23N3O4S2. The molecule has 0 atom stereocenters. The molecule has 0 saturated heterocycles. The summed E-state index contributed by atoms with van der Waals surface area (Å²) >= 11 is 5.20. The van der Waals surface area contributed by atoms with Crippen LogP contribution in [0.3, 0.4) is 0 Å². The first-order valence-corrected chi connectivity index (χ1v) is 11.1. The molecule has 0 bridgehead atoms. The third kappa shape index (κ3) is 5.63. The third-order valence-corrected chi connectivity index (χ3v) is 6.23. The minimum atomic E-state index is -3.72. The average Bonchev–Trinajstić information content (AvgIpc) is 3.21. The lowest BCUT2D eigenvalue weighted by atomic mass is 9.89. The second-order valence-corrected chi connectivity index (χ2v) is 8.89. The first-order valence-electron chi connectivity index (χ1n) is 9.18. The van der Waals surface area contributed by atoms with Crippen LogP contribution in [0.25, 0.3) is 0 Å². The Kier molecular flexibility index (Phi) is 6.82. The van der Waals surface area contributed by atoms with Crippen LogP contribution in [0.1, 0.15) is 37.9 Å². The number of benzene rings is 1. The Balaban J connectivity index is 1.59. The summed E-state index contributed by atoms with van der Waals surface area (Å²) in [6.07, 6.45) is 6.53. The van der Waals surface area contributed by atoms with Crippen LogP contribution in [0.2, 0.25) is 0 Å². The molecule has 0 spiro atoms. The number of nitrogens with one attached hydrogen (secondary N) is 3. The van der Waals surface area contributed by atoms with E-state index in [0.29, 0.717) is 11.4 Å². The molecule has 0 radical (unpaired) electrons. The van der Waals surface area contributed by atoms with Crippen molar-refractivity contribution >= 4 is 38.9 Å². The molecule has 3 N–H and O–H groups in total. The van der Waals surface area contributed by atoms with E-state index in [1.807, 2.05) is 0 Å². The maximum atomic E-state index is 12.5. The number of hydrogen-bond acceptors (Lipinski definition) is 5. The molecule has 0 unspecified atom stereocenters. The Morgan fingerprint density at radius 2 is 1.93 bits per heavy atom. The van der Waals surface area contributed by atoms with E-state index in [1.165, 1.54) is 24.8 Å². The number of anilines is 1. The van der Waals surface area contributed by atoms with Gasteiger partial charge in [-0.15, -0.1) is 0 Å². The first kappa shape index (κ1) is 20.5. The van der Waals surface area contributed by atoms with Gasteiger partial charge in [-0.2, -0.15) is 0 Å². The summed E-state index contributed by atoms with van der Waals surface area (Å²) in [5.74, 6) is 0.427. The number of thiocarbonyl (C=S) groups is 1. The fraction of sp³-hybridized carbons (Fsp3) is 0.368. The van der Waals surface area contributed by atoms with E-state index in [2.05, 4.69) is 15.4 Å². The molecule has 150 valence electrons. The van der Waals surface area contributed by atoms with Crippen molar-refractivity contribution in [3.05, 3.63) is 48.4 Å². The number of carbonyl (C=O) groups is 1. The molecule has 0 aliphatic heterocycles. The maximum Gasteiger partial charge on any atom is 0.241 e. The standard InChI is InChI=1S/C19H23N3O4S2/c23-18(14-6-2-1-3-7-14)22-19(27)21-15-8-4-10-17(12-15)28(24,25)20-13-16-9-5-11-26-16/h4-5,8-12,14,20H,1-3,6-7,13H2,(H2,21,22,23,27). The highest BCUT2D eigenvalue weighted by Gasteiger charge is 2.22. The normalized spacial score (nSPS) is 15.1. The van der Waals surface area contributed by atoms with Gasteiger partial charge >= 0.3 is 0 Å². The number of rotatable bonds is 6. The van der Waals surface area contributed by atoms with Crippen LogP contribution < -0.4 is 15.4 Å². The van der Waals surface area contributed by atoms with Crippen molar-refractivity contribution < 1.29 is 17.6 Å². The van der Waals surface area contributed by atoms with Gasteiger partial charge in [0.15, 0.2) is 5.11 Å². The number of carbonyl (C=O) groups excluding carboxylic acids is 1. The van der Waals surface area contributed by atoms with Crippen molar-refractivity contribution in [2.75, 3.05) is 5.32 Å². The van der Waals surface area contributed by atoms with Gasteiger partial charge in [0.05, 0.1) is 17.7 Å². The maximum absolute atomic E-state index is 12.5. The van der Waals surface area contributed by atoms with Gasteiger partial charge in [0, 0.05) is 11.6 Å². The van der Waals surface area contributed by atoms with E-state index in [0.717, 1.165) is 25.7 Å². The Labute approximate surface area is 169 Å². The Morgan fingerprint density at radius 1 is 1.14 bits per heavy atom. The minimum Gasteiger partial charge on any atom is -0.468 e. The predicted molar refractivity (Wildman–Crippen MR) is 110 cm³/mol. The monoisotopic (exact) mass is 421 g/mol. The fourth-order valence-corrected chi connectivity index (χ4v) is 4.40. The zero-order valence-corrected chi connectivity index (χ0v) is 16.9. The molecule has 2 aromatic rings. The van der Waals surface area contributed by atoms with Crippen molar-refractivity contribution in [2.45, 2.75) is 43.5 Å². The summed E-state index contributed by atoms with van der Waals surface area (Å²) in [4.78, 5) is 12.4. The van der Waals surface area contributed by atoms with E-state index >= 15 is 0 Å². The Morgan fingerprint density at radius 3 is 2.64 bits per heavy atom. The summed E-state index contributed by atoms with van der Waals surface area (Å²) in [6, 6.07) is 9.62. The van der Waals surface area contributed by atoms with E-state index < -0.39 is 10.0 Å². The highest BCUT2D eigenvalue weighted by Crippen LogP contribution is 2.23. The highest BCUT2D eigenvalue weighted by atomic mass is 32.2. The minimum absolute atomic E-state index is 0.00832. The van der Waals surface area contributed by atoms with Crippen molar-refractivity contribution in [3.63, 3.8) is 0 Å². The van der Waals surface area contributed by atoms with Crippen LogP contribution in [0, 0.1) is 5.92 Å². The molecule has 1 heterocycles. The van der Waals surface area contributed by atoms with Crippen molar-refractivity contribution in [2.24, 2.45) is 5.92 Å². The topological polar surface area (TPSA) is 100 Å². The van der Waals surface area contributed by atoms with Crippen molar-refractivity contribution in [1.82, 2.24) is 10.0 Å². The van der Waals surface area contributed by atoms with E-state index in [1.54, 1.807) is 24.3 Å². The highest BCUT2D eigenvalue weighted by molar-refractivity contribution is 7.89. The molecule has 1 aliphatic rings. The lowest BCUT2D eigenvalue weighted by Gasteiger charge is -2.21. The fourth-order valence-electron chi connectivity index (χ4n) is 3.14. The van der Waals surface area contributed by atoms with E-state index in [-0.39, 0.29) is 28.4 Å². The van der Waals surface area contributed by atoms with Crippen LogP contribution >= 0.6 is 12.2 Å². The van der Waals surface area contributed by atoms with Gasteiger partial charge in [0.1, 0.15) is 5.76 Å². The van der Waals surface area contributed by atoms with Crippen molar-refractivity contribution in [3.8, 4) is 0 Å². The SMILES string of the molecule is O=C(NC(=S)Nc1cccc(S(=O)(=O)NCc2ccco2)c1)C1CCCCC1. The van der Waals surface area contributed by atoms with Crippen LogP contribution in [0.5, 0.6) is 0 Å². The number of sulfonamides is 1. The molecule has 9 heteroatoms. The van der Waals surface area contributed by atoms with Crippen LogP contribution in [0.4, 0.5) is 5.69 Å². The van der Waals surface area contributed by atoms with Gasteiger partial charge in [-0.25, -0.2) is 13.1 Å². The first-order chi connectivity index (χ1) is 13.4.